The minimum atomic E-state index is -5.08. The Hall–Kier alpha value is -2.67. The van der Waals surface area contributed by atoms with Gasteiger partial charge in [0.25, 0.3) is 0 Å². The van der Waals surface area contributed by atoms with Crippen molar-refractivity contribution in [3.63, 3.8) is 0 Å². The maximum Gasteiger partial charge on any atom is 0.490 e. The Balaban J connectivity index is 0.000000406. The van der Waals surface area contributed by atoms with Crippen LogP contribution in [-0.2, 0) is 4.79 Å². The van der Waals surface area contributed by atoms with Crippen LogP contribution in [0.25, 0.3) is 16.7 Å². The quantitative estimate of drug-likeness (QED) is 0.474. The molecule has 2 heterocycles. The second-order valence-electron chi connectivity index (χ2n) is 10.1. The predicted molar refractivity (Wildman–Crippen MR) is 126 cm³/mol. The minimum Gasteiger partial charge on any atom is -0.475 e. The van der Waals surface area contributed by atoms with Crippen molar-refractivity contribution >= 4 is 11.5 Å². The molecule has 2 atom stereocenters. The van der Waals surface area contributed by atoms with Crippen LogP contribution < -0.4 is 0 Å². The van der Waals surface area contributed by atoms with Crippen molar-refractivity contribution in [3.05, 3.63) is 66.0 Å². The molecule has 0 aromatic heterocycles. The molecule has 0 saturated carbocycles. The Morgan fingerprint density at radius 1 is 1.03 bits per heavy atom. The number of benzene rings is 2. The molecule has 1 N–H and O–H groups in total. The van der Waals surface area contributed by atoms with Crippen LogP contribution in [0.2, 0.25) is 0 Å². The molecule has 2 aliphatic heterocycles. The molecule has 0 amide bonds. The number of rotatable bonds is 4. The van der Waals surface area contributed by atoms with E-state index in [1.807, 2.05) is 36.4 Å². The van der Waals surface area contributed by atoms with E-state index in [1.54, 1.807) is 6.07 Å². The molecule has 4 rings (SSSR count). The van der Waals surface area contributed by atoms with Gasteiger partial charge in [-0.3, -0.25) is 4.90 Å². The summed E-state index contributed by atoms with van der Waals surface area (Å²) in [5.74, 6) is -2.88. The summed E-state index contributed by atoms with van der Waals surface area (Å²) in [7, 11) is 0. The topological polar surface area (TPSA) is 40.5 Å². The zero-order valence-electron chi connectivity index (χ0n) is 19.7. The SMILES string of the molecule is CC(C)(C)CCN1C2C=C(c3ccc(-c4ccccc4)c(F)c3)CC1CC2.O=C(O)C(F)(F)F. The zero-order chi connectivity index (χ0) is 25.1. The van der Waals surface area contributed by atoms with E-state index in [-0.39, 0.29) is 5.82 Å². The minimum absolute atomic E-state index is 0.123. The number of carboxylic acids is 1. The van der Waals surface area contributed by atoms with E-state index < -0.39 is 12.1 Å². The van der Waals surface area contributed by atoms with Crippen molar-refractivity contribution in [2.24, 2.45) is 5.41 Å². The Labute approximate surface area is 198 Å². The number of carboxylic acid groups (broad SMARTS) is 1. The molecule has 2 aliphatic rings. The first-order valence-corrected chi connectivity index (χ1v) is 11.5. The molecule has 0 aliphatic carbocycles. The second kappa shape index (κ2) is 10.3. The lowest BCUT2D eigenvalue weighted by Crippen LogP contribution is -2.40. The van der Waals surface area contributed by atoms with Gasteiger partial charge in [0.2, 0.25) is 0 Å². The van der Waals surface area contributed by atoms with E-state index >= 15 is 0 Å². The fraction of sp³-hybridized carbons (Fsp3) is 0.444. The first-order valence-electron chi connectivity index (χ1n) is 11.5. The molecular weight excluding hydrogens is 446 g/mol. The smallest absolute Gasteiger partial charge is 0.475 e. The van der Waals surface area contributed by atoms with Crippen molar-refractivity contribution in [2.45, 2.75) is 64.7 Å². The number of hydrogen-bond acceptors (Lipinski definition) is 2. The third kappa shape index (κ3) is 6.69. The highest BCUT2D eigenvalue weighted by Gasteiger charge is 2.38. The number of nitrogens with zero attached hydrogens (tertiary/aromatic N) is 1. The van der Waals surface area contributed by atoms with Gasteiger partial charge >= 0.3 is 12.1 Å². The van der Waals surface area contributed by atoms with Crippen molar-refractivity contribution < 1.29 is 27.5 Å². The summed E-state index contributed by atoms with van der Waals surface area (Å²) in [6, 6.07) is 16.7. The van der Waals surface area contributed by atoms with Crippen LogP contribution in [0.4, 0.5) is 17.6 Å². The highest BCUT2D eigenvalue weighted by atomic mass is 19.4. The number of carbonyl (C=O) groups is 1. The van der Waals surface area contributed by atoms with Crippen LogP contribution in [0.1, 0.15) is 52.0 Å². The largest absolute Gasteiger partial charge is 0.490 e. The molecule has 3 nitrogen and oxygen atoms in total. The van der Waals surface area contributed by atoms with E-state index in [4.69, 9.17) is 9.90 Å². The molecule has 1 fully saturated rings. The van der Waals surface area contributed by atoms with Gasteiger partial charge in [0.1, 0.15) is 5.82 Å². The average Bonchev–Trinajstić information content (AvgIpc) is 2.99. The molecule has 2 unspecified atom stereocenters. The molecule has 2 aromatic carbocycles. The molecule has 7 heteroatoms. The van der Waals surface area contributed by atoms with Crippen LogP contribution in [0.3, 0.4) is 0 Å². The summed E-state index contributed by atoms with van der Waals surface area (Å²) in [5.41, 5.74) is 4.38. The summed E-state index contributed by atoms with van der Waals surface area (Å²) < 4.78 is 46.5. The summed E-state index contributed by atoms with van der Waals surface area (Å²) in [5, 5.41) is 7.12. The van der Waals surface area contributed by atoms with E-state index in [0.717, 1.165) is 17.5 Å². The van der Waals surface area contributed by atoms with Gasteiger partial charge in [0.05, 0.1) is 0 Å². The summed E-state index contributed by atoms with van der Waals surface area (Å²) in [4.78, 5) is 11.6. The van der Waals surface area contributed by atoms with E-state index in [1.165, 1.54) is 31.4 Å². The number of hydrogen-bond donors (Lipinski definition) is 1. The van der Waals surface area contributed by atoms with Crippen molar-refractivity contribution in [1.29, 1.82) is 0 Å². The average molecular weight is 478 g/mol. The molecule has 0 radical (unpaired) electrons. The first kappa shape index (κ1) is 25.9. The Morgan fingerprint density at radius 2 is 1.68 bits per heavy atom. The Kier molecular flexibility index (Phi) is 7.86. The second-order valence-corrected chi connectivity index (χ2v) is 10.1. The fourth-order valence-corrected chi connectivity index (χ4v) is 4.51. The van der Waals surface area contributed by atoms with Crippen LogP contribution >= 0.6 is 0 Å². The maximum atomic E-state index is 14.8. The van der Waals surface area contributed by atoms with Gasteiger partial charge in [0, 0.05) is 17.6 Å². The van der Waals surface area contributed by atoms with Crippen LogP contribution in [0, 0.1) is 11.2 Å². The first-order chi connectivity index (χ1) is 15.8. The normalized spacial score (nSPS) is 20.4. The predicted octanol–water partition coefficient (Wildman–Crippen LogP) is 7.18. The third-order valence-corrected chi connectivity index (χ3v) is 6.33. The van der Waals surface area contributed by atoms with Crippen molar-refractivity contribution in [3.8, 4) is 11.1 Å². The van der Waals surface area contributed by atoms with Gasteiger partial charge in [-0.1, -0.05) is 69.3 Å². The molecular formula is C27H31F4NO2. The maximum absolute atomic E-state index is 14.8. The lowest BCUT2D eigenvalue weighted by Gasteiger charge is -2.36. The molecule has 184 valence electrons. The van der Waals surface area contributed by atoms with Crippen LogP contribution in [-0.4, -0.2) is 40.8 Å². The molecule has 1 saturated heterocycles. The lowest BCUT2D eigenvalue weighted by atomic mass is 9.90. The van der Waals surface area contributed by atoms with Gasteiger partial charge in [-0.25, -0.2) is 9.18 Å². The number of aliphatic carboxylic acids is 1. The van der Waals surface area contributed by atoms with Gasteiger partial charge in [-0.15, -0.1) is 0 Å². The zero-order valence-corrected chi connectivity index (χ0v) is 19.7. The third-order valence-electron chi connectivity index (χ3n) is 6.33. The fourth-order valence-electron chi connectivity index (χ4n) is 4.51. The van der Waals surface area contributed by atoms with Crippen molar-refractivity contribution in [1.82, 2.24) is 4.90 Å². The molecule has 2 aromatic rings. The van der Waals surface area contributed by atoms with Gasteiger partial charge in [0.15, 0.2) is 0 Å². The molecule has 34 heavy (non-hydrogen) atoms. The number of alkyl halides is 3. The monoisotopic (exact) mass is 477 g/mol. The number of halogens is 4. The summed E-state index contributed by atoms with van der Waals surface area (Å²) >= 11 is 0. The van der Waals surface area contributed by atoms with E-state index in [2.05, 4.69) is 37.8 Å². The van der Waals surface area contributed by atoms with Crippen LogP contribution in [0.5, 0.6) is 0 Å². The van der Waals surface area contributed by atoms with Gasteiger partial charge < -0.3 is 5.11 Å². The lowest BCUT2D eigenvalue weighted by molar-refractivity contribution is -0.192. The molecule has 2 bridgehead atoms. The van der Waals surface area contributed by atoms with E-state index in [9.17, 15) is 17.6 Å². The van der Waals surface area contributed by atoms with E-state index in [0.29, 0.717) is 23.1 Å². The van der Waals surface area contributed by atoms with Crippen LogP contribution in [0.15, 0.2) is 54.6 Å². The van der Waals surface area contributed by atoms with Gasteiger partial charge in [-0.2, -0.15) is 13.2 Å². The van der Waals surface area contributed by atoms with Crippen molar-refractivity contribution in [2.75, 3.05) is 6.54 Å². The number of fused-ring (bicyclic) bond motifs is 2. The highest BCUT2D eigenvalue weighted by molar-refractivity contribution is 5.73. The highest BCUT2D eigenvalue weighted by Crippen LogP contribution is 2.40. The Morgan fingerprint density at radius 3 is 2.21 bits per heavy atom. The Bertz CT molecular complexity index is 1030. The summed E-state index contributed by atoms with van der Waals surface area (Å²) in [6.45, 7) is 8.12. The van der Waals surface area contributed by atoms with Gasteiger partial charge in [-0.05, 0) is 60.4 Å². The standard InChI is InChI=1S/C25H30FN.C2HF3O2/c1-25(2,3)13-14-27-21-10-11-22(27)16-20(15-21)19-9-12-23(24(26)17-19)18-7-5-4-6-8-18;3-2(4,5)1(6)7/h4-9,12,15,17,21-22H,10-11,13-14,16H2,1-3H3;(H,6,7). The summed E-state index contributed by atoms with van der Waals surface area (Å²) in [6.07, 6.45) is 2.10. The molecule has 0 spiro atoms.